The maximum atomic E-state index is 6.61. The minimum Gasteiger partial charge on any atom is -0.383 e. The van der Waals surface area contributed by atoms with Crippen molar-refractivity contribution in [3.8, 4) is 33.4 Å². The molecule has 0 radical (unpaired) electrons. The molecule has 8 aromatic carbocycles. The second-order valence-electron chi connectivity index (χ2n) is 14.5. The van der Waals surface area contributed by atoms with E-state index in [1.165, 1.54) is 38.9 Å². The van der Waals surface area contributed by atoms with Crippen LogP contribution in [-0.2, 0) is 5.41 Å². The molecular formula is C51H39N3. The standard InChI is InChI=1S/C51H39N3/c1-33(53-50(36-21-11-6-12-22-36)54-49(52)35-19-9-5-10-20-35)47-41-24-13-14-25-42(41)48(44-31-37(27-30-43(44)47)34-17-7-4-8-18-34)38-28-29-40-39-23-15-16-26-45(39)51(2,3)46(40)32-38/h4-32H,1H2,2-3H3,(H2,52,53,54). The van der Waals surface area contributed by atoms with Crippen molar-refractivity contribution in [2.75, 3.05) is 0 Å². The van der Waals surface area contributed by atoms with Gasteiger partial charge in [-0.25, -0.2) is 9.98 Å². The summed E-state index contributed by atoms with van der Waals surface area (Å²) in [7, 11) is 0. The van der Waals surface area contributed by atoms with Crippen molar-refractivity contribution >= 4 is 38.9 Å². The predicted molar refractivity (Wildman–Crippen MR) is 229 cm³/mol. The van der Waals surface area contributed by atoms with Gasteiger partial charge in [0, 0.05) is 22.1 Å². The Morgan fingerprint density at radius 3 is 1.80 bits per heavy atom. The molecule has 0 spiro atoms. The van der Waals surface area contributed by atoms with Crippen molar-refractivity contribution < 1.29 is 0 Å². The van der Waals surface area contributed by atoms with Crippen LogP contribution in [-0.4, -0.2) is 11.7 Å². The zero-order valence-corrected chi connectivity index (χ0v) is 30.4. The summed E-state index contributed by atoms with van der Waals surface area (Å²) >= 11 is 0. The Bertz CT molecular complexity index is 2790. The van der Waals surface area contributed by atoms with Crippen LogP contribution in [0.4, 0.5) is 0 Å². The molecule has 1 aliphatic rings. The molecule has 1 aliphatic carbocycles. The minimum atomic E-state index is -0.123. The van der Waals surface area contributed by atoms with E-state index in [1.54, 1.807) is 0 Å². The first-order valence-electron chi connectivity index (χ1n) is 18.4. The Morgan fingerprint density at radius 2 is 1.06 bits per heavy atom. The lowest BCUT2D eigenvalue weighted by atomic mass is 9.80. The van der Waals surface area contributed by atoms with Crippen molar-refractivity contribution in [3.63, 3.8) is 0 Å². The van der Waals surface area contributed by atoms with Crippen LogP contribution >= 0.6 is 0 Å². The van der Waals surface area contributed by atoms with Gasteiger partial charge in [0.05, 0.1) is 5.70 Å². The van der Waals surface area contributed by atoms with E-state index >= 15 is 0 Å². The average Bonchev–Trinajstić information content (AvgIpc) is 3.45. The molecular weight excluding hydrogens is 655 g/mol. The maximum absolute atomic E-state index is 6.61. The monoisotopic (exact) mass is 693 g/mol. The fourth-order valence-corrected chi connectivity index (χ4v) is 8.18. The summed E-state index contributed by atoms with van der Waals surface area (Å²) in [5.74, 6) is 0.898. The first-order valence-corrected chi connectivity index (χ1v) is 18.4. The fraction of sp³-hybridized carbons (Fsp3) is 0.0588. The molecule has 54 heavy (non-hydrogen) atoms. The maximum Gasteiger partial charge on any atom is 0.162 e. The van der Waals surface area contributed by atoms with Gasteiger partial charge in [0.25, 0.3) is 0 Å². The molecule has 258 valence electrons. The number of hydrogen-bond acceptors (Lipinski definition) is 1. The normalized spacial score (nSPS) is 13.5. The lowest BCUT2D eigenvalue weighted by Gasteiger charge is -2.23. The summed E-state index contributed by atoms with van der Waals surface area (Å²) in [6.45, 7) is 9.33. The van der Waals surface area contributed by atoms with Crippen LogP contribution in [0.5, 0.6) is 0 Å². The van der Waals surface area contributed by atoms with Crippen molar-refractivity contribution in [2.24, 2.45) is 15.7 Å². The van der Waals surface area contributed by atoms with Gasteiger partial charge >= 0.3 is 0 Å². The van der Waals surface area contributed by atoms with Gasteiger partial charge in [-0.15, -0.1) is 0 Å². The number of aliphatic imine (C=N–C) groups is 2. The van der Waals surface area contributed by atoms with E-state index in [1.807, 2.05) is 60.7 Å². The lowest BCUT2D eigenvalue weighted by molar-refractivity contribution is 0.660. The topological polar surface area (TPSA) is 50.7 Å². The summed E-state index contributed by atoms with van der Waals surface area (Å²) in [6.07, 6.45) is 0. The molecule has 3 nitrogen and oxygen atoms in total. The van der Waals surface area contributed by atoms with E-state index < -0.39 is 0 Å². The van der Waals surface area contributed by atoms with Crippen molar-refractivity contribution in [3.05, 3.63) is 210 Å². The summed E-state index contributed by atoms with van der Waals surface area (Å²) in [4.78, 5) is 10.1. The van der Waals surface area contributed by atoms with Gasteiger partial charge in [-0.2, -0.15) is 0 Å². The van der Waals surface area contributed by atoms with Gasteiger partial charge in [-0.1, -0.05) is 184 Å². The molecule has 9 rings (SSSR count). The molecule has 3 heteroatoms. The van der Waals surface area contributed by atoms with Gasteiger partial charge in [0.15, 0.2) is 5.84 Å². The molecule has 0 bridgehead atoms. The first-order chi connectivity index (χ1) is 26.4. The third-order valence-electron chi connectivity index (χ3n) is 10.9. The highest BCUT2D eigenvalue weighted by Crippen LogP contribution is 2.51. The Hall–Kier alpha value is -6.84. The van der Waals surface area contributed by atoms with Gasteiger partial charge in [0.2, 0.25) is 0 Å². The first kappa shape index (κ1) is 33.0. The largest absolute Gasteiger partial charge is 0.383 e. The summed E-state index contributed by atoms with van der Waals surface area (Å²) in [6, 6.07) is 61.7. The third kappa shape index (κ3) is 5.62. The van der Waals surface area contributed by atoms with Gasteiger partial charge in [0.1, 0.15) is 5.84 Å². The summed E-state index contributed by atoms with van der Waals surface area (Å²) < 4.78 is 0. The Kier molecular flexibility index (Phi) is 8.13. The number of nitrogens with two attached hydrogens (primary N) is 1. The molecule has 0 atom stereocenters. The molecule has 0 heterocycles. The van der Waals surface area contributed by atoms with Crippen LogP contribution in [0.2, 0.25) is 0 Å². The smallest absolute Gasteiger partial charge is 0.162 e. The molecule has 0 saturated carbocycles. The van der Waals surface area contributed by atoms with Gasteiger partial charge in [-0.05, 0) is 78.2 Å². The fourth-order valence-electron chi connectivity index (χ4n) is 8.18. The minimum absolute atomic E-state index is 0.123. The zero-order valence-electron chi connectivity index (χ0n) is 30.4. The molecule has 0 unspecified atom stereocenters. The third-order valence-corrected chi connectivity index (χ3v) is 10.9. The number of benzene rings is 8. The number of rotatable bonds is 6. The van der Waals surface area contributed by atoms with Crippen LogP contribution in [0.3, 0.4) is 0 Å². The van der Waals surface area contributed by atoms with E-state index in [4.69, 9.17) is 15.7 Å². The number of hydrogen-bond donors (Lipinski definition) is 1. The molecule has 0 fully saturated rings. The van der Waals surface area contributed by atoms with Crippen LogP contribution in [0.1, 0.15) is 41.7 Å². The van der Waals surface area contributed by atoms with Crippen LogP contribution < -0.4 is 5.73 Å². The second-order valence-corrected chi connectivity index (χ2v) is 14.5. The van der Waals surface area contributed by atoms with Crippen LogP contribution in [0, 0.1) is 0 Å². The van der Waals surface area contributed by atoms with Gasteiger partial charge in [-0.3, -0.25) is 0 Å². The van der Waals surface area contributed by atoms with E-state index in [2.05, 4.69) is 136 Å². The number of fused-ring (bicyclic) bond motifs is 5. The van der Waals surface area contributed by atoms with Crippen molar-refractivity contribution in [1.29, 1.82) is 0 Å². The Balaban J connectivity index is 1.30. The Labute approximate surface area is 316 Å². The second kappa shape index (κ2) is 13.3. The van der Waals surface area contributed by atoms with E-state index in [0.717, 1.165) is 43.8 Å². The molecule has 2 N–H and O–H groups in total. The van der Waals surface area contributed by atoms with E-state index in [9.17, 15) is 0 Å². The number of nitrogens with zero attached hydrogens (tertiary/aromatic N) is 2. The lowest BCUT2D eigenvalue weighted by Crippen LogP contribution is -2.16. The predicted octanol–water partition coefficient (Wildman–Crippen LogP) is 12.5. The molecule has 0 aromatic heterocycles. The highest BCUT2D eigenvalue weighted by Gasteiger charge is 2.35. The van der Waals surface area contributed by atoms with Crippen molar-refractivity contribution in [1.82, 2.24) is 0 Å². The average molecular weight is 694 g/mol. The molecule has 0 saturated heterocycles. The highest BCUT2D eigenvalue weighted by molar-refractivity contribution is 6.20. The van der Waals surface area contributed by atoms with Crippen LogP contribution in [0.25, 0.3) is 60.6 Å². The zero-order chi connectivity index (χ0) is 36.8. The highest BCUT2D eigenvalue weighted by atomic mass is 15.0. The van der Waals surface area contributed by atoms with Crippen LogP contribution in [0.15, 0.2) is 192 Å². The Morgan fingerprint density at radius 1 is 0.481 bits per heavy atom. The van der Waals surface area contributed by atoms with E-state index in [-0.39, 0.29) is 5.41 Å². The van der Waals surface area contributed by atoms with Gasteiger partial charge < -0.3 is 5.73 Å². The van der Waals surface area contributed by atoms with E-state index in [0.29, 0.717) is 17.4 Å². The summed E-state index contributed by atoms with van der Waals surface area (Å²) in [5.41, 5.74) is 19.8. The molecule has 0 amide bonds. The number of amidine groups is 2. The summed E-state index contributed by atoms with van der Waals surface area (Å²) in [5, 5.41) is 4.44. The van der Waals surface area contributed by atoms with Crippen molar-refractivity contribution in [2.45, 2.75) is 19.3 Å². The molecule has 8 aromatic rings. The molecule has 0 aliphatic heterocycles. The quantitative estimate of drug-likeness (QED) is 0.105. The SMILES string of the molecule is C=C(/N=C(\N=C(/N)c1ccccc1)c1ccccc1)c1c2ccccc2c(-c2ccc3c(c2)C(C)(C)c2ccccc2-3)c2cc(-c3ccccc3)ccc12.